The topological polar surface area (TPSA) is 67.3 Å². The minimum atomic E-state index is 0.420. The Bertz CT molecular complexity index is 1480. The molecule has 0 fully saturated rings. The van der Waals surface area contributed by atoms with Gasteiger partial charge in [0, 0.05) is 45.2 Å². The molecule has 4 heterocycles. The number of para-hydroxylation sites is 1. The van der Waals surface area contributed by atoms with Crippen LogP contribution in [0.5, 0.6) is 0 Å². The molecule has 1 N–H and O–H groups in total. The summed E-state index contributed by atoms with van der Waals surface area (Å²) in [6.07, 6.45) is 11.3. The molecule has 1 aliphatic carbocycles. The fraction of sp³-hybridized carbons (Fsp3) is 0. The fourth-order valence-corrected chi connectivity index (χ4v) is 3.98. The predicted molar refractivity (Wildman–Crippen MR) is 112 cm³/mol. The Morgan fingerprint density at radius 1 is 0.929 bits per heavy atom. The van der Waals surface area contributed by atoms with Crippen molar-refractivity contribution in [3.05, 3.63) is 77.9 Å². The second-order valence-corrected chi connectivity index (χ2v) is 7.01. The van der Waals surface area contributed by atoms with Crippen LogP contribution in [-0.2, 0) is 0 Å². The third-order valence-electron chi connectivity index (χ3n) is 5.07. The first kappa shape index (κ1) is 15.5. The molecule has 0 amide bonds. The number of nitrogens with one attached hydrogen (secondary N) is 1. The van der Waals surface area contributed by atoms with Gasteiger partial charge in [-0.2, -0.15) is 0 Å². The van der Waals surface area contributed by atoms with Gasteiger partial charge >= 0.3 is 0 Å². The van der Waals surface area contributed by atoms with Gasteiger partial charge in [0.2, 0.25) is 0 Å². The van der Waals surface area contributed by atoms with E-state index in [1.165, 1.54) is 0 Å². The van der Waals surface area contributed by atoms with Crippen molar-refractivity contribution in [2.24, 2.45) is 0 Å². The molecule has 1 aromatic carbocycles. The van der Waals surface area contributed by atoms with Crippen molar-refractivity contribution in [1.82, 2.24) is 24.9 Å². The van der Waals surface area contributed by atoms with Gasteiger partial charge in [-0.3, -0.25) is 4.98 Å². The molecule has 132 valence electrons. The molecule has 0 bridgehead atoms. The number of allylic oxidation sites excluding steroid dienone is 4. The average Bonchev–Trinajstić information content (AvgIpc) is 3.05. The van der Waals surface area contributed by atoms with Crippen LogP contribution in [0.15, 0.2) is 67.2 Å². The monoisotopic (exact) mass is 381 g/mol. The number of halogens is 1. The van der Waals surface area contributed by atoms with Crippen LogP contribution >= 0.6 is 11.6 Å². The maximum atomic E-state index is 6.63. The molecule has 5 aromatic rings. The van der Waals surface area contributed by atoms with Crippen LogP contribution in [0.3, 0.4) is 0 Å². The van der Waals surface area contributed by atoms with Crippen LogP contribution in [0, 0.1) is 0 Å². The molecule has 1 aliphatic rings. The Morgan fingerprint density at radius 2 is 1.82 bits per heavy atom. The van der Waals surface area contributed by atoms with Gasteiger partial charge in [-0.1, -0.05) is 48.0 Å². The lowest BCUT2D eigenvalue weighted by Crippen LogP contribution is -1.97. The third kappa shape index (κ3) is 2.14. The summed E-state index contributed by atoms with van der Waals surface area (Å²) < 4.78 is 0. The minimum absolute atomic E-state index is 0.420. The zero-order chi connectivity index (χ0) is 18.7. The Labute approximate surface area is 164 Å². The quantitative estimate of drug-likeness (QED) is 0.420. The molecule has 0 atom stereocenters. The number of pyridine rings is 2. The van der Waals surface area contributed by atoms with E-state index in [9.17, 15) is 0 Å². The van der Waals surface area contributed by atoms with E-state index in [2.05, 4.69) is 26.0 Å². The molecule has 0 saturated heterocycles. The van der Waals surface area contributed by atoms with Crippen molar-refractivity contribution >= 4 is 50.0 Å². The summed E-state index contributed by atoms with van der Waals surface area (Å²) in [6, 6.07) is 10.0. The van der Waals surface area contributed by atoms with Crippen molar-refractivity contribution in [3.63, 3.8) is 0 Å². The summed E-state index contributed by atoms with van der Waals surface area (Å²) in [5, 5.41) is 3.31. The number of hydrogen-bond acceptors (Lipinski definition) is 4. The summed E-state index contributed by atoms with van der Waals surface area (Å²) >= 11 is 6.63. The highest BCUT2D eigenvalue weighted by Gasteiger charge is 2.18. The summed E-state index contributed by atoms with van der Waals surface area (Å²) in [5.74, 6) is 0.562. The molecule has 0 radical (unpaired) electrons. The van der Waals surface area contributed by atoms with E-state index >= 15 is 0 Å². The highest BCUT2D eigenvalue weighted by molar-refractivity contribution is 6.35. The van der Waals surface area contributed by atoms with Crippen LogP contribution in [0.25, 0.3) is 49.8 Å². The van der Waals surface area contributed by atoms with Gasteiger partial charge in [0.15, 0.2) is 5.82 Å². The smallest absolute Gasteiger partial charge is 0.162 e. The number of H-pyrrole nitrogens is 1. The zero-order valence-electron chi connectivity index (χ0n) is 14.5. The van der Waals surface area contributed by atoms with Gasteiger partial charge in [-0.05, 0) is 17.7 Å². The fourth-order valence-electron chi connectivity index (χ4n) is 3.70. The molecular weight excluding hydrogens is 370 g/mol. The summed E-state index contributed by atoms with van der Waals surface area (Å²) in [4.78, 5) is 21.6. The van der Waals surface area contributed by atoms with Crippen LogP contribution in [0.4, 0.5) is 0 Å². The number of aromatic nitrogens is 5. The van der Waals surface area contributed by atoms with E-state index in [0.29, 0.717) is 11.0 Å². The minimum Gasteiger partial charge on any atom is -0.339 e. The predicted octanol–water partition coefficient (Wildman–Crippen LogP) is 5.33. The van der Waals surface area contributed by atoms with E-state index in [-0.39, 0.29) is 0 Å². The van der Waals surface area contributed by atoms with Gasteiger partial charge in [-0.25, -0.2) is 15.0 Å². The number of aromatic amines is 1. The van der Waals surface area contributed by atoms with Gasteiger partial charge in [0.25, 0.3) is 0 Å². The average molecular weight is 382 g/mol. The van der Waals surface area contributed by atoms with E-state index in [1.807, 2.05) is 42.5 Å². The number of nitrogens with zero attached hydrogens (tertiary/aromatic N) is 4. The van der Waals surface area contributed by atoms with Crippen molar-refractivity contribution in [2.75, 3.05) is 0 Å². The van der Waals surface area contributed by atoms with Crippen LogP contribution in [0.2, 0.25) is 5.15 Å². The molecular formula is C22H12ClN5. The van der Waals surface area contributed by atoms with Crippen LogP contribution in [-0.4, -0.2) is 24.9 Å². The molecule has 6 rings (SSSR count). The maximum Gasteiger partial charge on any atom is 0.162 e. The SMILES string of the molecule is Clc1nc(-c2ccnc3[nH]c4ccccc4c23)nc2cncc(C3=CC=C3)c12. The van der Waals surface area contributed by atoms with Gasteiger partial charge < -0.3 is 4.98 Å². The lowest BCUT2D eigenvalue weighted by molar-refractivity contribution is 1.20. The normalized spacial score (nSPS) is 13.2. The first-order valence-corrected chi connectivity index (χ1v) is 9.23. The van der Waals surface area contributed by atoms with Crippen LogP contribution in [0.1, 0.15) is 5.56 Å². The van der Waals surface area contributed by atoms with E-state index in [0.717, 1.165) is 49.5 Å². The van der Waals surface area contributed by atoms with Crippen molar-refractivity contribution in [1.29, 1.82) is 0 Å². The molecule has 4 aromatic heterocycles. The standard InChI is InChI=1S/C22H12ClN5/c23-20-19-15(12-4-3-5-12)10-24-11-17(19)27-21(28-20)14-8-9-25-22-18(14)13-6-1-2-7-16(13)26-22/h1-11H,(H,25,26). The first-order valence-electron chi connectivity index (χ1n) is 8.85. The zero-order valence-corrected chi connectivity index (χ0v) is 15.3. The lowest BCUT2D eigenvalue weighted by Gasteiger charge is -2.12. The van der Waals surface area contributed by atoms with E-state index < -0.39 is 0 Å². The number of rotatable bonds is 2. The summed E-state index contributed by atoms with van der Waals surface area (Å²) in [5.41, 5.74) is 5.47. The Balaban J connectivity index is 1.66. The highest BCUT2D eigenvalue weighted by Crippen LogP contribution is 2.36. The van der Waals surface area contributed by atoms with Crippen molar-refractivity contribution in [3.8, 4) is 11.4 Å². The van der Waals surface area contributed by atoms with Gasteiger partial charge in [0.1, 0.15) is 10.8 Å². The molecule has 0 saturated carbocycles. The van der Waals surface area contributed by atoms with Gasteiger partial charge in [-0.15, -0.1) is 0 Å². The molecule has 5 nitrogen and oxygen atoms in total. The van der Waals surface area contributed by atoms with Gasteiger partial charge in [0.05, 0.1) is 11.7 Å². The Hall–Kier alpha value is -3.57. The largest absolute Gasteiger partial charge is 0.339 e. The lowest BCUT2D eigenvalue weighted by atomic mass is 9.98. The highest BCUT2D eigenvalue weighted by atomic mass is 35.5. The molecule has 0 aliphatic heterocycles. The second-order valence-electron chi connectivity index (χ2n) is 6.65. The molecule has 0 spiro atoms. The van der Waals surface area contributed by atoms with Crippen LogP contribution < -0.4 is 0 Å². The first-order chi connectivity index (χ1) is 13.8. The number of fused-ring (bicyclic) bond motifs is 4. The number of benzene rings is 1. The second kappa shape index (κ2) is 5.71. The van der Waals surface area contributed by atoms with E-state index in [4.69, 9.17) is 16.6 Å². The maximum absolute atomic E-state index is 6.63. The van der Waals surface area contributed by atoms with E-state index in [1.54, 1.807) is 18.6 Å². The van der Waals surface area contributed by atoms with Crippen molar-refractivity contribution in [2.45, 2.75) is 0 Å². The van der Waals surface area contributed by atoms with Crippen molar-refractivity contribution < 1.29 is 0 Å². The molecule has 0 unspecified atom stereocenters. The Morgan fingerprint density at radius 3 is 2.68 bits per heavy atom. The summed E-state index contributed by atoms with van der Waals surface area (Å²) in [7, 11) is 0. The molecule has 28 heavy (non-hydrogen) atoms. The molecule has 6 heteroatoms. The Kier molecular flexibility index (Phi) is 3.16. The third-order valence-corrected chi connectivity index (χ3v) is 5.34. The summed E-state index contributed by atoms with van der Waals surface area (Å²) in [6.45, 7) is 0. The number of hydrogen-bond donors (Lipinski definition) is 1.